The van der Waals surface area contributed by atoms with Crippen molar-refractivity contribution in [1.82, 2.24) is 10.3 Å². The van der Waals surface area contributed by atoms with Gasteiger partial charge in [-0.1, -0.05) is 17.7 Å². The largest absolute Gasteiger partial charge is 0.481 e. The van der Waals surface area contributed by atoms with Gasteiger partial charge in [-0.25, -0.2) is 14.2 Å². The molecule has 10 heteroatoms. The molecule has 0 radical (unpaired) electrons. The van der Waals surface area contributed by atoms with Crippen LogP contribution in [0.2, 0.25) is 5.02 Å². The van der Waals surface area contributed by atoms with E-state index in [-0.39, 0.29) is 35.5 Å². The number of hydrogen-bond acceptors (Lipinski definition) is 7. The summed E-state index contributed by atoms with van der Waals surface area (Å²) in [5.74, 6) is -1.79. The zero-order valence-electron chi connectivity index (χ0n) is 16.5. The second-order valence-electron chi connectivity index (χ2n) is 7.26. The van der Waals surface area contributed by atoms with Crippen LogP contribution in [0.15, 0.2) is 46.0 Å². The number of allylic oxidation sites excluding steroid dienone is 1. The van der Waals surface area contributed by atoms with E-state index in [1.165, 1.54) is 29.5 Å². The van der Waals surface area contributed by atoms with E-state index >= 15 is 0 Å². The van der Waals surface area contributed by atoms with Crippen molar-refractivity contribution in [2.24, 2.45) is 16.8 Å². The van der Waals surface area contributed by atoms with Gasteiger partial charge in [0.25, 0.3) is 0 Å². The fourth-order valence-electron chi connectivity index (χ4n) is 3.74. The molecule has 162 valence electrons. The molecular weight excluding hydrogens is 445 g/mol. The van der Waals surface area contributed by atoms with Gasteiger partial charge in [-0.15, -0.1) is 11.3 Å². The molecule has 2 N–H and O–H groups in total. The standard InChI is InChI=1S/C21H19ClFN3O4S/c1-2-30-21(29)16-17(12-4-3-11(23)9-14(12)22)25-19(20-24-5-6-31-20)26-18(16)13-7-10(13)8-15(27)28/h3-6,9-10,13,17H,2,7-8H2,1H3,(H,25,26)(H,27,28)/t10-,13+,17?/m0/s1. The first kappa shape index (κ1) is 21.5. The highest BCUT2D eigenvalue weighted by Crippen LogP contribution is 2.50. The van der Waals surface area contributed by atoms with E-state index in [1.807, 2.05) is 0 Å². The van der Waals surface area contributed by atoms with Gasteiger partial charge in [0.2, 0.25) is 0 Å². The molecule has 0 saturated heterocycles. The van der Waals surface area contributed by atoms with Crippen LogP contribution in [0, 0.1) is 17.7 Å². The third-order valence-electron chi connectivity index (χ3n) is 5.19. The van der Waals surface area contributed by atoms with Gasteiger partial charge >= 0.3 is 11.9 Å². The van der Waals surface area contributed by atoms with Crippen molar-refractivity contribution >= 4 is 40.7 Å². The molecule has 1 unspecified atom stereocenters. The van der Waals surface area contributed by atoms with Crippen LogP contribution in [0.3, 0.4) is 0 Å². The Bertz CT molecular complexity index is 1090. The Morgan fingerprint density at radius 3 is 2.87 bits per heavy atom. The number of ether oxygens (including phenoxy) is 1. The number of amidine groups is 1. The first-order chi connectivity index (χ1) is 14.9. The number of carboxylic acids is 1. The summed E-state index contributed by atoms with van der Waals surface area (Å²) in [5.41, 5.74) is 1.28. The minimum Gasteiger partial charge on any atom is -0.481 e. The Morgan fingerprint density at radius 2 is 2.23 bits per heavy atom. The first-order valence-corrected chi connectivity index (χ1v) is 11.0. The lowest BCUT2D eigenvalue weighted by Crippen LogP contribution is -2.35. The van der Waals surface area contributed by atoms with Gasteiger partial charge < -0.3 is 15.2 Å². The van der Waals surface area contributed by atoms with Crippen LogP contribution in [-0.4, -0.2) is 34.5 Å². The molecule has 1 aliphatic heterocycles. The van der Waals surface area contributed by atoms with Crippen LogP contribution in [-0.2, 0) is 14.3 Å². The van der Waals surface area contributed by atoms with E-state index in [2.05, 4.69) is 15.3 Å². The van der Waals surface area contributed by atoms with Crippen LogP contribution in [0.4, 0.5) is 4.39 Å². The average Bonchev–Trinajstić information content (AvgIpc) is 3.23. The topological polar surface area (TPSA) is 101 Å². The van der Waals surface area contributed by atoms with Crippen molar-refractivity contribution in [3.63, 3.8) is 0 Å². The maximum Gasteiger partial charge on any atom is 0.338 e. The number of nitrogens with one attached hydrogen (secondary N) is 1. The van der Waals surface area contributed by atoms with E-state index in [1.54, 1.807) is 18.5 Å². The summed E-state index contributed by atoms with van der Waals surface area (Å²) < 4.78 is 19.0. The maximum absolute atomic E-state index is 13.7. The molecule has 0 amide bonds. The summed E-state index contributed by atoms with van der Waals surface area (Å²) in [5, 5.41) is 14.9. The monoisotopic (exact) mass is 463 g/mol. The number of thiazole rings is 1. The van der Waals surface area contributed by atoms with Crippen molar-refractivity contribution in [1.29, 1.82) is 0 Å². The van der Waals surface area contributed by atoms with E-state index in [4.69, 9.17) is 16.3 Å². The fraction of sp³-hybridized carbons (Fsp3) is 0.333. The molecule has 0 bridgehead atoms. The highest BCUT2D eigenvalue weighted by Gasteiger charge is 2.47. The number of benzene rings is 1. The summed E-state index contributed by atoms with van der Waals surface area (Å²) in [7, 11) is 0. The molecule has 31 heavy (non-hydrogen) atoms. The number of carbonyl (C=O) groups excluding carboxylic acids is 1. The smallest absolute Gasteiger partial charge is 0.338 e. The number of halogens is 2. The van der Waals surface area contributed by atoms with Crippen LogP contribution >= 0.6 is 22.9 Å². The van der Waals surface area contributed by atoms with Crippen LogP contribution in [0.5, 0.6) is 0 Å². The fourth-order valence-corrected chi connectivity index (χ4v) is 4.60. The summed E-state index contributed by atoms with van der Waals surface area (Å²) in [6.45, 7) is 1.86. The molecule has 1 aromatic heterocycles. The molecule has 2 aliphatic rings. The van der Waals surface area contributed by atoms with Crippen LogP contribution in [0.1, 0.15) is 36.4 Å². The molecule has 3 atom stereocenters. The number of aliphatic carboxylic acids is 1. The summed E-state index contributed by atoms with van der Waals surface area (Å²) >= 11 is 7.70. The molecule has 4 rings (SSSR count). The molecule has 2 heterocycles. The third-order valence-corrected chi connectivity index (χ3v) is 6.30. The second kappa shape index (κ2) is 8.76. The van der Waals surface area contributed by atoms with Gasteiger partial charge in [-0.05, 0) is 31.4 Å². The van der Waals surface area contributed by atoms with Crippen LogP contribution < -0.4 is 5.32 Å². The maximum atomic E-state index is 13.7. The van der Waals surface area contributed by atoms with Crippen molar-refractivity contribution in [3.8, 4) is 0 Å². The van der Waals surface area contributed by atoms with Crippen molar-refractivity contribution in [2.75, 3.05) is 6.61 Å². The van der Waals surface area contributed by atoms with Gasteiger partial charge in [0.1, 0.15) is 11.9 Å². The van der Waals surface area contributed by atoms with Crippen LogP contribution in [0.25, 0.3) is 0 Å². The minimum absolute atomic E-state index is 0.00233. The van der Waals surface area contributed by atoms with Crippen molar-refractivity contribution in [2.45, 2.75) is 25.8 Å². The first-order valence-electron chi connectivity index (χ1n) is 9.71. The summed E-state index contributed by atoms with van der Waals surface area (Å²) in [6, 6.07) is 3.09. The lowest BCUT2D eigenvalue weighted by Gasteiger charge is -2.28. The lowest BCUT2D eigenvalue weighted by molar-refractivity contribution is -0.139. The predicted molar refractivity (Wildman–Crippen MR) is 113 cm³/mol. The van der Waals surface area contributed by atoms with E-state index in [0.717, 1.165) is 0 Å². The molecule has 1 aliphatic carbocycles. The number of rotatable bonds is 7. The van der Waals surface area contributed by atoms with E-state index in [9.17, 15) is 19.1 Å². The highest BCUT2D eigenvalue weighted by molar-refractivity contribution is 7.11. The molecule has 2 aromatic rings. The highest BCUT2D eigenvalue weighted by atomic mass is 35.5. The molecule has 7 nitrogen and oxygen atoms in total. The SMILES string of the molecule is CCOC(=O)C1=C([C@@H]2C[C@H]2CC(=O)O)NC(c2nccs2)=NC1c1ccc(F)cc1Cl. The van der Waals surface area contributed by atoms with Crippen molar-refractivity contribution < 1.29 is 23.8 Å². The van der Waals surface area contributed by atoms with E-state index < -0.39 is 23.8 Å². The minimum atomic E-state index is -0.895. The van der Waals surface area contributed by atoms with Gasteiger partial charge in [-0.2, -0.15) is 0 Å². The summed E-state index contributed by atoms with van der Waals surface area (Å²) in [6.07, 6.45) is 2.25. The van der Waals surface area contributed by atoms with Gasteiger partial charge in [0, 0.05) is 40.2 Å². The molecule has 0 spiro atoms. The van der Waals surface area contributed by atoms with Gasteiger partial charge in [-0.3, -0.25) is 9.79 Å². The Kier molecular flexibility index (Phi) is 6.06. The van der Waals surface area contributed by atoms with E-state index in [0.29, 0.717) is 28.5 Å². The number of carboxylic acid groups (broad SMARTS) is 1. The molecule has 1 aromatic carbocycles. The zero-order chi connectivity index (χ0) is 22.1. The Hall–Kier alpha value is -2.78. The Balaban J connectivity index is 1.84. The number of esters is 1. The Morgan fingerprint density at radius 1 is 1.42 bits per heavy atom. The molecule has 1 fully saturated rings. The number of aromatic nitrogens is 1. The summed E-state index contributed by atoms with van der Waals surface area (Å²) in [4.78, 5) is 33.2. The number of nitrogens with zero attached hydrogens (tertiary/aromatic N) is 2. The molecule has 1 saturated carbocycles. The second-order valence-corrected chi connectivity index (χ2v) is 8.56. The number of carbonyl (C=O) groups is 2. The molecular formula is C21H19ClFN3O4S. The predicted octanol–water partition coefficient (Wildman–Crippen LogP) is 3.95. The lowest BCUT2D eigenvalue weighted by atomic mass is 9.93. The average molecular weight is 464 g/mol. The number of hydrogen-bond donors (Lipinski definition) is 2. The number of aliphatic imine (C=N–C) groups is 1. The van der Waals surface area contributed by atoms with Gasteiger partial charge in [0.15, 0.2) is 10.8 Å². The van der Waals surface area contributed by atoms with Crippen molar-refractivity contribution in [3.05, 3.63) is 62.5 Å². The quantitative estimate of drug-likeness (QED) is 0.603. The normalized spacial score (nSPS) is 22.5. The zero-order valence-corrected chi connectivity index (χ0v) is 18.0. The third kappa shape index (κ3) is 4.47. The van der Waals surface area contributed by atoms with Gasteiger partial charge in [0.05, 0.1) is 12.2 Å². The Labute approximate surface area is 186 Å².